The molecule has 3 heterocycles. The van der Waals surface area contributed by atoms with Gasteiger partial charge in [-0.3, -0.25) is 9.69 Å². The first kappa shape index (κ1) is 29.9. The van der Waals surface area contributed by atoms with Crippen LogP contribution in [-0.2, 0) is 26.2 Å². The van der Waals surface area contributed by atoms with Crippen molar-refractivity contribution in [3.8, 4) is 11.5 Å². The van der Waals surface area contributed by atoms with Gasteiger partial charge < -0.3 is 35.0 Å². The number of anilines is 1. The fourth-order valence-corrected chi connectivity index (χ4v) is 9.22. The summed E-state index contributed by atoms with van der Waals surface area (Å²) in [4.78, 5) is 31.8. The van der Waals surface area contributed by atoms with Gasteiger partial charge in [0, 0.05) is 48.6 Å². The number of fused-ring (bicyclic) bond motifs is 1. The maximum absolute atomic E-state index is 14.6. The third-order valence-electron chi connectivity index (χ3n) is 10.5. The molecule has 6 rings (SSSR count). The minimum absolute atomic E-state index is 0.0656. The molecule has 1 aliphatic carbocycles. The van der Waals surface area contributed by atoms with Gasteiger partial charge in [0.1, 0.15) is 23.6 Å². The fraction of sp³-hybridized carbons (Fsp3) is 0.500. The molecule has 1 unspecified atom stereocenters. The lowest BCUT2D eigenvalue weighted by atomic mass is 9.47. The van der Waals surface area contributed by atoms with Crippen LogP contribution in [0.5, 0.6) is 11.5 Å². The van der Waals surface area contributed by atoms with Crippen molar-refractivity contribution in [3.63, 3.8) is 0 Å². The SMILES string of the molecule is CC[C@]12C=CCN3CC[C@@]4(c5cc(Br)c(OC)cc5N(C)[C@H]4C(O)(C(=O)N[C@@H](Cc4ccc(O)cc4)C(=O)OC)[C@@H]1O)[C@@H]32. The van der Waals surface area contributed by atoms with Crippen LogP contribution in [0.4, 0.5) is 5.69 Å². The number of likely N-dealkylation sites (N-methyl/N-ethyl adjacent to an activating group) is 1. The van der Waals surface area contributed by atoms with Gasteiger partial charge >= 0.3 is 5.97 Å². The highest BCUT2D eigenvalue weighted by atomic mass is 79.9. The van der Waals surface area contributed by atoms with Crippen LogP contribution in [0.15, 0.2) is 53.0 Å². The summed E-state index contributed by atoms with van der Waals surface area (Å²) in [6.07, 6.45) is 3.74. The number of benzene rings is 2. The molecular weight excluding hydrogens is 618 g/mol. The number of aromatic hydroxyl groups is 1. The molecule has 3 aliphatic heterocycles. The first-order valence-electron chi connectivity index (χ1n) is 14.6. The predicted octanol–water partition coefficient (Wildman–Crippen LogP) is 2.27. The molecule has 0 radical (unpaired) electrons. The minimum Gasteiger partial charge on any atom is -0.508 e. The Bertz CT molecular complexity index is 1480. The summed E-state index contributed by atoms with van der Waals surface area (Å²) in [6, 6.07) is 8.07. The standard InChI is InChI=1S/C32H38BrN3O7/c1-5-30-11-6-13-36-14-12-31(26(30)36)20-16-21(33)24(42-3)17-23(20)35(2)27(31)32(41,28(30)39)29(40)34-22(25(38)43-4)15-18-7-9-19(37)10-8-18/h6-11,16-17,22,26-28,37,39,41H,5,12-15H2,1-4H3,(H,34,40)/t22-,26-,27+,28+,30+,31+,32?/m0/s1. The number of ether oxygens (including phenoxy) is 2. The number of carbonyl (C=O) groups is 2. The van der Waals surface area contributed by atoms with Crippen molar-refractivity contribution in [2.24, 2.45) is 5.41 Å². The number of nitrogens with zero attached hydrogens (tertiary/aromatic N) is 2. The number of amides is 1. The quantitative estimate of drug-likeness (QED) is 0.262. The van der Waals surface area contributed by atoms with Crippen LogP contribution >= 0.6 is 15.9 Å². The second-order valence-corrected chi connectivity index (χ2v) is 13.1. The lowest BCUT2D eigenvalue weighted by Crippen LogP contribution is -2.82. The van der Waals surface area contributed by atoms with Crippen LogP contribution in [0, 0.1) is 5.41 Å². The molecule has 4 N–H and O–H groups in total. The van der Waals surface area contributed by atoms with Crippen molar-refractivity contribution in [1.82, 2.24) is 10.2 Å². The fourth-order valence-electron chi connectivity index (χ4n) is 8.72. The molecule has 230 valence electrons. The maximum atomic E-state index is 14.6. The van der Waals surface area contributed by atoms with Gasteiger partial charge in [-0.05, 0) is 64.6 Å². The highest BCUT2D eigenvalue weighted by Gasteiger charge is 2.78. The molecule has 2 aromatic rings. The number of aliphatic hydroxyl groups is 2. The Morgan fingerprint density at radius 3 is 2.56 bits per heavy atom. The van der Waals surface area contributed by atoms with E-state index in [1.54, 1.807) is 19.2 Å². The van der Waals surface area contributed by atoms with Crippen LogP contribution in [0.2, 0.25) is 0 Å². The van der Waals surface area contributed by atoms with Crippen LogP contribution in [0.3, 0.4) is 0 Å². The molecule has 43 heavy (non-hydrogen) atoms. The van der Waals surface area contributed by atoms with Gasteiger partial charge in [-0.25, -0.2) is 4.79 Å². The van der Waals surface area contributed by atoms with E-state index in [0.29, 0.717) is 30.7 Å². The molecule has 2 aromatic carbocycles. The Kier molecular flexibility index (Phi) is 7.31. The number of phenols is 1. The van der Waals surface area contributed by atoms with Crippen molar-refractivity contribution in [2.45, 2.75) is 61.4 Å². The number of halogens is 1. The predicted molar refractivity (Wildman–Crippen MR) is 163 cm³/mol. The summed E-state index contributed by atoms with van der Waals surface area (Å²) in [5.41, 5.74) is -1.50. The van der Waals surface area contributed by atoms with Gasteiger partial charge in [-0.2, -0.15) is 0 Å². The van der Waals surface area contributed by atoms with Crippen molar-refractivity contribution in [2.75, 3.05) is 39.3 Å². The summed E-state index contributed by atoms with van der Waals surface area (Å²) < 4.78 is 11.4. The maximum Gasteiger partial charge on any atom is 0.328 e. The largest absolute Gasteiger partial charge is 0.508 e. The number of hydrogen-bond acceptors (Lipinski definition) is 9. The topological polar surface area (TPSA) is 132 Å². The van der Waals surface area contributed by atoms with Crippen LogP contribution in [0.25, 0.3) is 0 Å². The molecule has 11 heteroatoms. The van der Waals surface area contributed by atoms with Gasteiger partial charge in [0.25, 0.3) is 5.91 Å². The number of phenolic OH excluding ortho intramolecular Hbond substituents is 1. The second kappa shape index (κ2) is 10.5. The van der Waals surface area contributed by atoms with E-state index in [4.69, 9.17) is 9.47 Å². The molecule has 2 fully saturated rings. The highest BCUT2D eigenvalue weighted by molar-refractivity contribution is 9.10. The van der Waals surface area contributed by atoms with Crippen molar-refractivity contribution < 1.29 is 34.4 Å². The van der Waals surface area contributed by atoms with E-state index < -0.39 is 46.5 Å². The zero-order valence-electron chi connectivity index (χ0n) is 24.7. The van der Waals surface area contributed by atoms with Crippen molar-refractivity contribution >= 4 is 33.5 Å². The molecule has 10 nitrogen and oxygen atoms in total. The van der Waals surface area contributed by atoms with Gasteiger partial charge in [-0.15, -0.1) is 0 Å². The Hall–Kier alpha value is -3.12. The summed E-state index contributed by atoms with van der Waals surface area (Å²) in [7, 11) is 4.67. The second-order valence-electron chi connectivity index (χ2n) is 12.2. The average molecular weight is 657 g/mol. The Morgan fingerprint density at radius 2 is 1.91 bits per heavy atom. The lowest BCUT2D eigenvalue weighted by molar-refractivity contribution is -0.204. The Balaban J connectivity index is 1.50. The van der Waals surface area contributed by atoms with E-state index in [1.807, 2.05) is 43.2 Å². The summed E-state index contributed by atoms with van der Waals surface area (Å²) in [5.74, 6) is -0.832. The third-order valence-corrected chi connectivity index (χ3v) is 11.1. The number of esters is 1. The average Bonchev–Trinajstić information content (AvgIpc) is 3.51. The molecule has 7 atom stereocenters. The van der Waals surface area contributed by atoms with E-state index in [9.17, 15) is 24.9 Å². The normalized spacial score (nSPS) is 32.9. The first-order chi connectivity index (χ1) is 20.5. The summed E-state index contributed by atoms with van der Waals surface area (Å²) >= 11 is 3.66. The van der Waals surface area contributed by atoms with E-state index in [0.717, 1.165) is 22.3 Å². The van der Waals surface area contributed by atoms with Gasteiger partial charge in [0.05, 0.1) is 24.7 Å². The molecule has 0 aromatic heterocycles. The molecule has 1 amide bonds. The molecule has 1 spiro atoms. The smallest absolute Gasteiger partial charge is 0.328 e. The summed E-state index contributed by atoms with van der Waals surface area (Å²) in [5, 5.41) is 37.7. The molecule has 4 aliphatic rings. The minimum atomic E-state index is -2.32. The molecule has 0 bridgehead atoms. The first-order valence-corrected chi connectivity index (χ1v) is 15.4. The van der Waals surface area contributed by atoms with Crippen molar-refractivity contribution in [3.05, 3.63) is 64.1 Å². The molecular formula is C32H38BrN3O7. The highest BCUT2D eigenvalue weighted by Crippen LogP contribution is 2.67. The van der Waals surface area contributed by atoms with Gasteiger partial charge in [0.15, 0.2) is 5.60 Å². The number of nitrogens with one attached hydrogen (secondary N) is 1. The monoisotopic (exact) mass is 655 g/mol. The zero-order chi connectivity index (χ0) is 30.9. The van der Waals surface area contributed by atoms with Gasteiger partial charge in [-0.1, -0.05) is 31.2 Å². The third kappa shape index (κ3) is 4.01. The van der Waals surface area contributed by atoms with Crippen LogP contribution < -0.4 is 15.0 Å². The lowest BCUT2D eigenvalue weighted by Gasteiger charge is -2.63. The summed E-state index contributed by atoms with van der Waals surface area (Å²) in [6.45, 7) is 3.43. The number of hydrogen-bond donors (Lipinski definition) is 4. The van der Waals surface area contributed by atoms with E-state index in [2.05, 4.69) is 26.1 Å². The number of aliphatic hydroxyl groups excluding tert-OH is 1. The van der Waals surface area contributed by atoms with Crippen LogP contribution in [-0.4, -0.2) is 96.3 Å². The molecule has 1 saturated heterocycles. The van der Waals surface area contributed by atoms with E-state index >= 15 is 0 Å². The zero-order valence-corrected chi connectivity index (χ0v) is 26.3. The van der Waals surface area contributed by atoms with E-state index in [-0.39, 0.29) is 18.2 Å². The Labute approximate surface area is 259 Å². The number of methoxy groups -OCH3 is 2. The molecule has 1 saturated carbocycles. The van der Waals surface area contributed by atoms with Crippen LogP contribution in [0.1, 0.15) is 30.9 Å². The van der Waals surface area contributed by atoms with Gasteiger partial charge in [0.2, 0.25) is 0 Å². The van der Waals surface area contributed by atoms with E-state index in [1.165, 1.54) is 19.2 Å². The number of carbonyl (C=O) groups excluding carboxylic acids is 2. The number of rotatable bonds is 7. The Morgan fingerprint density at radius 1 is 1.19 bits per heavy atom. The van der Waals surface area contributed by atoms with Crippen molar-refractivity contribution in [1.29, 1.82) is 0 Å².